The largest absolute Gasteiger partial charge is 0.386 e. The summed E-state index contributed by atoms with van der Waals surface area (Å²) in [5.41, 5.74) is 0.718. The number of esters is 2. The molecule has 2 radical (unpaired) electrons. The van der Waals surface area contributed by atoms with Crippen LogP contribution in [0.15, 0.2) is 24.3 Å². The Hall–Kier alpha value is 1.63. The van der Waals surface area contributed by atoms with Crippen molar-refractivity contribution >= 4 is 115 Å². The number of ether oxygens (including phenoxy) is 1. The van der Waals surface area contributed by atoms with Crippen LogP contribution in [0.2, 0.25) is 0 Å². The van der Waals surface area contributed by atoms with Gasteiger partial charge in [-0.1, -0.05) is 12.1 Å². The second-order valence-corrected chi connectivity index (χ2v) is 2.22. The van der Waals surface area contributed by atoms with E-state index in [0.717, 1.165) is 0 Å². The van der Waals surface area contributed by atoms with Gasteiger partial charge >= 0.3 is 11.9 Å². The Labute approximate surface area is 160 Å². The number of hydrogen-bond donors (Lipinski definition) is 0. The van der Waals surface area contributed by atoms with Crippen LogP contribution in [-0.2, 0) is 4.74 Å². The first kappa shape index (κ1) is 14.6. The minimum Gasteiger partial charge on any atom is -0.386 e. The average molecular weight is 226 g/mol. The standard InChI is InChI=1S/C8H4O3.2K/c9-7-5-3-1-2-4-6(5)8(10)11-7;;/h1-4H;;. The molecule has 13 heavy (non-hydrogen) atoms. The molecule has 0 unspecified atom stereocenters. The molecule has 0 spiro atoms. The number of carbonyl (C=O) groups is 2. The number of carbonyl (C=O) groups excluding carboxylic acids is 2. The van der Waals surface area contributed by atoms with Gasteiger partial charge in [-0.3, -0.25) is 0 Å². The summed E-state index contributed by atoms with van der Waals surface area (Å²) in [4.78, 5) is 21.7. The van der Waals surface area contributed by atoms with E-state index in [4.69, 9.17) is 0 Å². The molecular weight excluding hydrogens is 222 g/mol. The minimum absolute atomic E-state index is 0. The Kier molecular flexibility index (Phi) is 7.05. The summed E-state index contributed by atoms with van der Waals surface area (Å²) in [6.07, 6.45) is 0. The number of benzene rings is 1. The van der Waals surface area contributed by atoms with E-state index in [2.05, 4.69) is 4.74 Å². The summed E-state index contributed by atoms with van der Waals surface area (Å²) in [6.45, 7) is 0. The summed E-state index contributed by atoms with van der Waals surface area (Å²) in [7, 11) is 0. The second kappa shape index (κ2) is 6.27. The van der Waals surface area contributed by atoms with Crippen LogP contribution in [0.3, 0.4) is 0 Å². The van der Waals surface area contributed by atoms with Gasteiger partial charge in [0.2, 0.25) is 0 Å². The first-order chi connectivity index (χ1) is 5.29. The maximum atomic E-state index is 10.8. The van der Waals surface area contributed by atoms with Crippen molar-refractivity contribution in [2.45, 2.75) is 0 Å². The first-order valence-electron chi connectivity index (χ1n) is 3.14. The van der Waals surface area contributed by atoms with Gasteiger partial charge in [0, 0.05) is 103 Å². The average Bonchev–Trinajstić information content (AvgIpc) is 2.30. The molecular formula is C8H4K2O3. The molecule has 0 atom stereocenters. The van der Waals surface area contributed by atoms with Gasteiger partial charge in [0.05, 0.1) is 11.1 Å². The molecule has 0 aromatic heterocycles. The number of hydrogen-bond acceptors (Lipinski definition) is 3. The molecule has 2 rings (SSSR count). The summed E-state index contributed by atoms with van der Waals surface area (Å²) in [6, 6.07) is 6.53. The smallest absolute Gasteiger partial charge is 0.346 e. The van der Waals surface area contributed by atoms with Gasteiger partial charge in [0.25, 0.3) is 0 Å². The van der Waals surface area contributed by atoms with Gasteiger partial charge in [-0.25, -0.2) is 9.59 Å². The fourth-order valence-corrected chi connectivity index (χ4v) is 1.03. The third-order valence-corrected chi connectivity index (χ3v) is 1.55. The molecule has 0 saturated heterocycles. The SMILES string of the molecule is O=C1OC(=O)c2ccccc21.[K].[K]. The molecule has 0 amide bonds. The summed E-state index contributed by atoms with van der Waals surface area (Å²) in [5, 5.41) is 0. The van der Waals surface area contributed by atoms with Crippen LogP contribution >= 0.6 is 0 Å². The molecule has 0 saturated carbocycles. The number of cyclic esters (lactones) is 2. The second-order valence-electron chi connectivity index (χ2n) is 2.22. The molecule has 3 nitrogen and oxygen atoms in total. The molecule has 0 bridgehead atoms. The van der Waals surface area contributed by atoms with E-state index in [1.807, 2.05) is 0 Å². The van der Waals surface area contributed by atoms with Crippen molar-refractivity contribution in [3.63, 3.8) is 0 Å². The van der Waals surface area contributed by atoms with Crippen LogP contribution < -0.4 is 0 Å². The summed E-state index contributed by atoms with van der Waals surface area (Å²) >= 11 is 0. The summed E-state index contributed by atoms with van der Waals surface area (Å²) in [5.74, 6) is -1.10. The van der Waals surface area contributed by atoms with Crippen LogP contribution in [0.1, 0.15) is 20.7 Å². The van der Waals surface area contributed by atoms with Gasteiger partial charge in [-0.2, -0.15) is 0 Å². The normalized spacial score (nSPS) is 12.3. The fraction of sp³-hybridized carbons (Fsp3) is 0. The third kappa shape index (κ3) is 3.04. The van der Waals surface area contributed by atoms with E-state index in [-0.39, 0.29) is 103 Å². The minimum atomic E-state index is -0.550. The molecule has 1 aliphatic rings. The maximum Gasteiger partial charge on any atom is 0.346 e. The molecule has 5 heteroatoms. The van der Waals surface area contributed by atoms with Gasteiger partial charge in [-0.05, 0) is 12.1 Å². The van der Waals surface area contributed by atoms with Crippen LogP contribution in [-0.4, -0.2) is 115 Å². The molecule has 1 aromatic carbocycles. The maximum absolute atomic E-state index is 10.8. The van der Waals surface area contributed by atoms with E-state index in [1.165, 1.54) is 0 Å². The van der Waals surface area contributed by atoms with Gasteiger partial charge < -0.3 is 4.74 Å². The molecule has 0 N–H and O–H groups in total. The quantitative estimate of drug-likeness (QED) is 0.361. The van der Waals surface area contributed by atoms with Crippen molar-refractivity contribution in [3.8, 4) is 0 Å². The zero-order chi connectivity index (χ0) is 7.84. The van der Waals surface area contributed by atoms with Crippen molar-refractivity contribution in [2.24, 2.45) is 0 Å². The van der Waals surface area contributed by atoms with Crippen LogP contribution in [0.5, 0.6) is 0 Å². The topological polar surface area (TPSA) is 43.4 Å². The van der Waals surface area contributed by atoms with Crippen LogP contribution in [0, 0.1) is 0 Å². The molecule has 1 heterocycles. The Morgan fingerprint density at radius 2 is 1.23 bits per heavy atom. The molecule has 1 aromatic rings. The fourth-order valence-electron chi connectivity index (χ4n) is 1.03. The van der Waals surface area contributed by atoms with Gasteiger partial charge in [-0.15, -0.1) is 0 Å². The predicted molar refractivity (Wildman–Crippen MR) is 47.7 cm³/mol. The molecule has 56 valence electrons. The van der Waals surface area contributed by atoms with Crippen molar-refractivity contribution in [1.29, 1.82) is 0 Å². The number of rotatable bonds is 0. The Morgan fingerprint density at radius 3 is 1.62 bits per heavy atom. The van der Waals surface area contributed by atoms with Crippen molar-refractivity contribution in [1.82, 2.24) is 0 Å². The van der Waals surface area contributed by atoms with Crippen LogP contribution in [0.4, 0.5) is 0 Å². The Morgan fingerprint density at radius 1 is 0.846 bits per heavy atom. The first-order valence-corrected chi connectivity index (χ1v) is 3.14. The Balaban J connectivity index is 0.000000720. The van der Waals surface area contributed by atoms with E-state index in [9.17, 15) is 9.59 Å². The van der Waals surface area contributed by atoms with Crippen molar-refractivity contribution in [3.05, 3.63) is 35.4 Å². The van der Waals surface area contributed by atoms with Gasteiger partial charge in [0.15, 0.2) is 0 Å². The van der Waals surface area contributed by atoms with E-state index < -0.39 is 11.9 Å². The predicted octanol–water partition coefficient (Wildman–Crippen LogP) is 0.236. The monoisotopic (exact) mass is 226 g/mol. The Bertz CT molecular complexity index is 316. The zero-order valence-corrected chi connectivity index (χ0v) is 13.8. The van der Waals surface area contributed by atoms with E-state index in [0.29, 0.717) is 11.1 Å². The molecule has 0 fully saturated rings. The van der Waals surface area contributed by atoms with Crippen LogP contribution in [0.25, 0.3) is 0 Å². The van der Waals surface area contributed by atoms with E-state index >= 15 is 0 Å². The van der Waals surface area contributed by atoms with Crippen molar-refractivity contribution < 1.29 is 14.3 Å². The molecule has 1 aliphatic heterocycles. The zero-order valence-electron chi connectivity index (χ0n) is 7.53. The van der Waals surface area contributed by atoms with E-state index in [1.54, 1.807) is 24.3 Å². The van der Waals surface area contributed by atoms with Gasteiger partial charge in [0.1, 0.15) is 0 Å². The number of fused-ring (bicyclic) bond motifs is 1. The third-order valence-electron chi connectivity index (χ3n) is 1.55. The summed E-state index contributed by atoms with van der Waals surface area (Å²) < 4.78 is 4.35. The van der Waals surface area contributed by atoms with Crippen molar-refractivity contribution in [2.75, 3.05) is 0 Å². The molecule has 0 aliphatic carbocycles.